The lowest BCUT2D eigenvalue weighted by molar-refractivity contribution is -0.143. The van der Waals surface area contributed by atoms with Gasteiger partial charge in [-0.15, -0.1) is 0 Å². The SMILES string of the molecule is COC(=O)C(CC(C)C)NC(=O)c1cc(O)cc(O)c1. The van der Waals surface area contributed by atoms with Gasteiger partial charge in [0, 0.05) is 11.6 Å². The maximum Gasteiger partial charge on any atom is 0.328 e. The fraction of sp³-hybridized carbons (Fsp3) is 0.429. The minimum Gasteiger partial charge on any atom is -0.508 e. The molecule has 1 rings (SSSR count). The molecular formula is C14H19NO5. The second kappa shape index (κ2) is 6.79. The van der Waals surface area contributed by atoms with Crippen LogP contribution in [0.4, 0.5) is 0 Å². The molecule has 0 bridgehead atoms. The number of aromatic hydroxyl groups is 2. The van der Waals surface area contributed by atoms with E-state index in [1.54, 1.807) is 0 Å². The number of phenols is 2. The van der Waals surface area contributed by atoms with Crippen LogP contribution in [-0.2, 0) is 9.53 Å². The number of rotatable bonds is 5. The minimum absolute atomic E-state index is 0.0696. The number of esters is 1. The number of methoxy groups -OCH3 is 1. The van der Waals surface area contributed by atoms with Gasteiger partial charge in [-0.25, -0.2) is 4.79 Å². The van der Waals surface area contributed by atoms with Crippen molar-refractivity contribution in [3.8, 4) is 11.5 Å². The average molecular weight is 281 g/mol. The van der Waals surface area contributed by atoms with E-state index < -0.39 is 17.9 Å². The maximum absolute atomic E-state index is 12.0. The summed E-state index contributed by atoms with van der Waals surface area (Å²) in [6, 6.07) is 2.76. The van der Waals surface area contributed by atoms with E-state index in [9.17, 15) is 19.8 Å². The molecule has 0 fully saturated rings. The highest BCUT2D eigenvalue weighted by molar-refractivity contribution is 5.97. The zero-order chi connectivity index (χ0) is 15.3. The van der Waals surface area contributed by atoms with Crippen molar-refractivity contribution < 1.29 is 24.5 Å². The third-order valence-electron chi connectivity index (χ3n) is 2.66. The number of carbonyl (C=O) groups is 2. The molecule has 6 nitrogen and oxygen atoms in total. The first-order valence-electron chi connectivity index (χ1n) is 6.25. The van der Waals surface area contributed by atoms with Crippen LogP contribution in [0.25, 0.3) is 0 Å². The second-order valence-electron chi connectivity index (χ2n) is 4.92. The van der Waals surface area contributed by atoms with Gasteiger partial charge in [0.1, 0.15) is 17.5 Å². The Bertz CT molecular complexity index is 478. The standard InChI is InChI=1S/C14H19NO5/c1-8(2)4-12(14(19)20-3)15-13(18)9-5-10(16)7-11(17)6-9/h5-8,12,16-17H,4H2,1-3H3,(H,15,18). The van der Waals surface area contributed by atoms with Gasteiger partial charge >= 0.3 is 5.97 Å². The van der Waals surface area contributed by atoms with Gasteiger partial charge in [-0.2, -0.15) is 0 Å². The summed E-state index contributed by atoms with van der Waals surface area (Å²) in [6.07, 6.45) is 0.434. The summed E-state index contributed by atoms with van der Waals surface area (Å²) >= 11 is 0. The molecule has 0 aromatic heterocycles. The number of phenolic OH excluding ortho intramolecular Hbond substituents is 2. The molecule has 1 aromatic rings. The van der Waals surface area contributed by atoms with Gasteiger partial charge in [0.05, 0.1) is 7.11 Å². The molecule has 6 heteroatoms. The van der Waals surface area contributed by atoms with E-state index in [0.717, 1.165) is 6.07 Å². The molecule has 0 aliphatic heterocycles. The zero-order valence-corrected chi connectivity index (χ0v) is 11.7. The molecule has 0 spiro atoms. The van der Waals surface area contributed by atoms with E-state index in [1.165, 1.54) is 19.2 Å². The predicted octanol–water partition coefficient (Wildman–Crippen LogP) is 1.42. The molecule has 0 saturated heterocycles. The van der Waals surface area contributed by atoms with Crippen molar-refractivity contribution in [3.63, 3.8) is 0 Å². The Balaban J connectivity index is 2.87. The Morgan fingerprint density at radius 3 is 2.20 bits per heavy atom. The molecular weight excluding hydrogens is 262 g/mol. The van der Waals surface area contributed by atoms with Crippen LogP contribution in [0, 0.1) is 5.92 Å². The largest absolute Gasteiger partial charge is 0.508 e. The van der Waals surface area contributed by atoms with Crippen molar-refractivity contribution in [3.05, 3.63) is 23.8 Å². The fourth-order valence-corrected chi connectivity index (χ4v) is 1.80. The van der Waals surface area contributed by atoms with Crippen molar-refractivity contribution in [2.45, 2.75) is 26.3 Å². The van der Waals surface area contributed by atoms with Crippen molar-refractivity contribution in [1.29, 1.82) is 0 Å². The first-order valence-corrected chi connectivity index (χ1v) is 6.25. The number of benzene rings is 1. The zero-order valence-electron chi connectivity index (χ0n) is 11.7. The topological polar surface area (TPSA) is 95.9 Å². The molecule has 1 aromatic carbocycles. The van der Waals surface area contributed by atoms with Crippen LogP contribution in [0.1, 0.15) is 30.6 Å². The summed E-state index contributed by atoms with van der Waals surface area (Å²) in [5, 5.41) is 21.2. The molecule has 0 aliphatic rings. The number of hydrogen-bond acceptors (Lipinski definition) is 5. The number of ether oxygens (including phenoxy) is 1. The lowest BCUT2D eigenvalue weighted by Gasteiger charge is -2.18. The smallest absolute Gasteiger partial charge is 0.328 e. The molecule has 1 unspecified atom stereocenters. The lowest BCUT2D eigenvalue weighted by Crippen LogP contribution is -2.42. The number of amides is 1. The molecule has 0 heterocycles. The van der Waals surface area contributed by atoms with Gasteiger partial charge in [-0.05, 0) is 24.5 Å². The summed E-state index contributed by atoms with van der Waals surface area (Å²) in [7, 11) is 1.25. The van der Waals surface area contributed by atoms with Crippen molar-refractivity contribution in [2.24, 2.45) is 5.92 Å². The fourth-order valence-electron chi connectivity index (χ4n) is 1.80. The molecule has 0 aliphatic carbocycles. The quantitative estimate of drug-likeness (QED) is 0.709. The van der Waals surface area contributed by atoms with Crippen LogP contribution < -0.4 is 5.32 Å². The summed E-state index contributed by atoms with van der Waals surface area (Å²) in [4.78, 5) is 23.6. The summed E-state index contributed by atoms with van der Waals surface area (Å²) in [5.41, 5.74) is 0.0696. The van der Waals surface area contributed by atoms with Gasteiger partial charge in [0.15, 0.2) is 0 Å². The Labute approximate surface area is 117 Å². The Morgan fingerprint density at radius 2 is 1.75 bits per heavy atom. The molecule has 0 radical (unpaired) electrons. The molecule has 0 saturated carbocycles. The summed E-state index contributed by atoms with van der Waals surface area (Å²) in [5.74, 6) is -1.36. The Morgan fingerprint density at radius 1 is 1.20 bits per heavy atom. The number of nitrogens with one attached hydrogen (secondary N) is 1. The van der Waals surface area contributed by atoms with Gasteiger partial charge in [0.2, 0.25) is 0 Å². The Kier molecular flexibility index (Phi) is 5.37. The molecule has 20 heavy (non-hydrogen) atoms. The highest BCUT2D eigenvalue weighted by Crippen LogP contribution is 2.20. The Hall–Kier alpha value is -2.24. The molecule has 110 valence electrons. The van der Waals surface area contributed by atoms with Gasteiger partial charge in [-0.1, -0.05) is 13.8 Å². The van der Waals surface area contributed by atoms with E-state index in [4.69, 9.17) is 0 Å². The highest BCUT2D eigenvalue weighted by Gasteiger charge is 2.23. The number of hydrogen-bond donors (Lipinski definition) is 3. The van der Waals surface area contributed by atoms with Crippen LogP contribution in [0.15, 0.2) is 18.2 Å². The third kappa shape index (κ3) is 4.46. The van der Waals surface area contributed by atoms with Crippen molar-refractivity contribution >= 4 is 11.9 Å². The first-order chi connectivity index (χ1) is 9.33. The summed E-state index contributed by atoms with van der Waals surface area (Å²) in [6.45, 7) is 3.84. The first kappa shape index (κ1) is 15.8. The van der Waals surface area contributed by atoms with E-state index in [2.05, 4.69) is 10.1 Å². The third-order valence-corrected chi connectivity index (χ3v) is 2.66. The minimum atomic E-state index is -0.767. The number of carbonyl (C=O) groups excluding carboxylic acids is 2. The van der Waals surface area contributed by atoms with E-state index in [1.807, 2.05) is 13.8 Å². The molecule has 3 N–H and O–H groups in total. The van der Waals surface area contributed by atoms with Gasteiger partial charge < -0.3 is 20.3 Å². The van der Waals surface area contributed by atoms with Gasteiger partial charge in [0.25, 0.3) is 5.91 Å². The molecule has 1 amide bonds. The lowest BCUT2D eigenvalue weighted by atomic mass is 10.0. The van der Waals surface area contributed by atoms with Crippen LogP contribution in [-0.4, -0.2) is 35.2 Å². The van der Waals surface area contributed by atoms with E-state index in [0.29, 0.717) is 6.42 Å². The summed E-state index contributed by atoms with van der Waals surface area (Å²) < 4.78 is 4.65. The maximum atomic E-state index is 12.0. The average Bonchev–Trinajstić information content (AvgIpc) is 2.35. The predicted molar refractivity (Wildman–Crippen MR) is 72.5 cm³/mol. The van der Waals surface area contributed by atoms with Crippen LogP contribution in [0.3, 0.4) is 0 Å². The van der Waals surface area contributed by atoms with Crippen molar-refractivity contribution in [2.75, 3.05) is 7.11 Å². The van der Waals surface area contributed by atoms with Crippen LogP contribution in [0.5, 0.6) is 11.5 Å². The van der Waals surface area contributed by atoms with E-state index >= 15 is 0 Å². The van der Waals surface area contributed by atoms with Crippen molar-refractivity contribution in [1.82, 2.24) is 5.32 Å². The van der Waals surface area contributed by atoms with E-state index in [-0.39, 0.29) is 23.0 Å². The normalized spacial score (nSPS) is 12.0. The monoisotopic (exact) mass is 281 g/mol. The van der Waals surface area contributed by atoms with Crippen LogP contribution >= 0.6 is 0 Å². The molecule has 1 atom stereocenters. The van der Waals surface area contributed by atoms with Crippen LogP contribution in [0.2, 0.25) is 0 Å². The second-order valence-corrected chi connectivity index (χ2v) is 4.92. The van der Waals surface area contributed by atoms with Gasteiger partial charge in [-0.3, -0.25) is 4.79 Å². The highest BCUT2D eigenvalue weighted by atomic mass is 16.5.